The molecular formula is C15H23N3O. The van der Waals surface area contributed by atoms with Gasteiger partial charge in [0.2, 0.25) is 5.91 Å². The van der Waals surface area contributed by atoms with Crippen molar-refractivity contribution in [2.24, 2.45) is 11.5 Å². The molecule has 104 valence electrons. The highest BCUT2D eigenvalue weighted by molar-refractivity contribution is 5.82. The quantitative estimate of drug-likeness (QED) is 0.754. The van der Waals surface area contributed by atoms with Crippen molar-refractivity contribution in [2.75, 3.05) is 0 Å². The van der Waals surface area contributed by atoms with Crippen LogP contribution in [0.15, 0.2) is 30.3 Å². The van der Waals surface area contributed by atoms with Gasteiger partial charge in [0.25, 0.3) is 0 Å². The minimum Gasteiger partial charge on any atom is -0.352 e. The highest BCUT2D eigenvalue weighted by Crippen LogP contribution is 2.17. The molecule has 2 rings (SSSR count). The number of rotatable bonds is 4. The van der Waals surface area contributed by atoms with Gasteiger partial charge in [0.1, 0.15) is 0 Å². The fraction of sp³-hybridized carbons (Fsp3) is 0.533. The van der Waals surface area contributed by atoms with E-state index in [9.17, 15) is 4.79 Å². The lowest BCUT2D eigenvalue weighted by Crippen LogP contribution is -2.48. The van der Waals surface area contributed by atoms with Crippen molar-refractivity contribution in [1.82, 2.24) is 5.32 Å². The van der Waals surface area contributed by atoms with Crippen LogP contribution in [0.2, 0.25) is 0 Å². The number of carbonyl (C=O) groups is 1. The molecule has 1 aliphatic carbocycles. The number of amides is 1. The molecule has 1 saturated carbocycles. The first-order chi connectivity index (χ1) is 9.15. The molecule has 0 aromatic heterocycles. The van der Waals surface area contributed by atoms with Crippen LogP contribution >= 0.6 is 0 Å². The molecule has 1 atom stereocenters. The van der Waals surface area contributed by atoms with Crippen molar-refractivity contribution in [3.63, 3.8) is 0 Å². The first-order valence-corrected chi connectivity index (χ1v) is 7.00. The molecule has 4 nitrogen and oxygen atoms in total. The van der Waals surface area contributed by atoms with E-state index in [4.69, 9.17) is 11.5 Å². The van der Waals surface area contributed by atoms with Crippen LogP contribution < -0.4 is 16.8 Å². The summed E-state index contributed by atoms with van der Waals surface area (Å²) in [4.78, 5) is 12.0. The Kier molecular flexibility index (Phi) is 4.93. The summed E-state index contributed by atoms with van der Waals surface area (Å²) in [5.41, 5.74) is 12.9. The number of benzene rings is 1. The van der Waals surface area contributed by atoms with E-state index in [1.807, 2.05) is 30.3 Å². The van der Waals surface area contributed by atoms with Gasteiger partial charge in [-0.1, -0.05) is 30.3 Å². The van der Waals surface area contributed by atoms with Crippen LogP contribution in [0.3, 0.4) is 0 Å². The van der Waals surface area contributed by atoms with Crippen molar-refractivity contribution in [1.29, 1.82) is 0 Å². The Hall–Kier alpha value is -1.39. The minimum atomic E-state index is -0.474. The standard InChI is InChI=1S/C15H23N3O/c16-12-6-8-13(9-7-12)18-15(19)14(17)10-11-4-2-1-3-5-11/h1-5,12-14H,6-10,16-17H2,(H,18,19)/t12?,13?,14-/m0/s1. The number of hydrogen-bond acceptors (Lipinski definition) is 3. The first kappa shape index (κ1) is 14.0. The number of hydrogen-bond donors (Lipinski definition) is 3. The Morgan fingerprint density at radius 1 is 1.21 bits per heavy atom. The molecule has 5 N–H and O–H groups in total. The molecule has 1 fully saturated rings. The summed E-state index contributed by atoms with van der Waals surface area (Å²) >= 11 is 0. The zero-order chi connectivity index (χ0) is 13.7. The third kappa shape index (κ3) is 4.33. The van der Waals surface area contributed by atoms with E-state index in [2.05, 4.69) is 5.32 Å². The highest BCUT2D eigenvalue weighted by atomic mass is 16.2. The van der Waals surface area contributed by atoms with Gasteiger partial charge in [0, 0.05) is 12.1 Å². The summed E-state index contributed by atoms with van der Waals surface area (Å²) in [6.07, 6.45) is 4.48. The van der Waals surface area contributed by atoms with E-state index in [1.54, 1.807) is 0 Å². The average Bonchev–Trinajstić information content (AvgIpc) is 2.42. The third-order valence-corrected chi connectivity index (χ3v) is 3.75. The number of carbonyl (C=O) groups excluding carboxylic acids is 1. The molecule has 0 heterocycles. The topological polar surface area (TPSA) is 81.1 Å². The Morgan fingerprint density at radius 2 is 1.84 bits per heavy atom. The monoisotopic (exact) mass is 261 g/mol. The molecule has 1 aliphatic rings. The van der Waals surface area contributed by atoms with Crippen molar-refractivity contribution in [3.05, 3.63) is 35.9 Å². The molecule has 0 unspecified atom stereocenters. The van der Waals surface area contributed by atoms with Crippen molar-refractivity contribution >= 4 is 5.91 Å². The maximum absolute atomic E-state index is 12.0. The molecular weight excluding hydrogens is 238 g/mol. The van der Waals surface area contributed by atoms with Gasteiger partial charge in [0.15, 0.2) is 0 Å². The lowest BCUT2D eigenvalue weighted by atomic mass is 9.91. The van der Waals surface area contributed by atoms with Crippen molar-refractivity contribution in [2.45, 2.75) is 50.2 Å². The molecule has 19 heavy (non-hydrogen) atoms. The first-order valence-electron chi connectivity index (χ1n) is 7.00. The Morgan fingerprint density at radius 3 is 2.47 bits per heavy atom. The Bertz CT molecular complexity index is 399. The van der Waals surface area contributed by atoms with E-state index < -0.39 is 6.04 Å². The lowest BCUT2D eigenvalue weighted by Gasteiger charge is -2.27. The molecule has 0 saturated heterocycles. The second-order valence-corrected chi connectivity index (χ2v) is 5.42. The average molecular weight is 261 g/mol. The second kappa shape index (κ2) is 6.68. The maximum atomic E-state index is 12.0. The van der Waals surface area contributed by atoms with Gasteiger partial charge in [-0.2, -0.15) is 0 Å². The molecule has 1 aromatic carbocycles. The van der Waals surface area contributed by atoms with E-state index in [1.165, 1.54) is 0 Å². The van der Waals surface area contributed by atoms with Crippen LogP contribution in [-0.2, 0) is 11.2 Å². The Labute approximate surface area is 114 Å². The van der Waals surface area contributed by atoms with Gasteiger partial charge in [-0.05, 0) is 37.7 Å². The molecule has 0 bridgehead atoms. The largest absolute Gasteiger partial charge is 0.352 e. The van der Waals surface area contributed by atoms with E-state index in [0.717, 1.165) is 31.2 Å². The summed E-state index contributed by atoms with van der Waals surface area (Å²) in [6.45, 7) is 0. The predicted octanol–water partition coefficient (Wildman–Crippen LogP) is 0.943. The second-order valence-electron chi connectivity index (χ2n) is 5.42. The zero-order valence-corrected chi connectivity index (χ0v) is 11.2. The van der Waals surface area contributed by atoms with Crippen LogP contribution in [0.4, 0.5) is 0 Å². The van der Waals surface area contributed by atoms with Gasteiger partial charge in [-0.3, -0.25) is 4.79 Å². The van der Waals surface area contributed by atoms with Crippen LogP contribution in [-0.4, -0.2) is 24.0 Å². The summed E-state index contributed by atoms with van der Waals surface area (Å²) in [6, 6.07) is 9.93. The Balaban J connectivity index is 1.79. The van der Waals surface area contributed by atoms with Gasteiger partial charge in [0.05, 0.1) is 6.04 Å². The predicted molar refractivity (Wildman–Crippen MR) is 76.5 cm³/mol. The zero-order valence-electron chi connectivity index (χ0n) is 11.2. The maximum Gasteiger partial charge on any atom is 0.237 e. The van der Waals surface area contributed by atoms with Gasteiger partial charge in [-0.25, -0.2) is 0 Å². The SMILES string of the molecule is NC1CCC(NC(=O)[C@@H](N)Cc2ccccc2)CC1. The molecule has 0 spiro atoms. The molecule has 0 radical (unpaired) electrons. The highest BCUT2D eigenvalue weighted by Gasteiger charge is 2.22. The summed E-state index contributed by atoms with van der Waals surface area (Å²) in [5, 5.41) is 3.04. The van der Waals surface area contributed by atoms with Crippen molar-refractivity contribution in [3.8, 4) is 0 Å². The van der Waals surface area contributed by atoms with E-state index >= 15 is 0 Å². The van der Waals surface area contributed by atoms with Crippen LogP contribution in [0, 0.1) is 0 Å². The molecule has 1 aromatic rings. The van der Waals surface area contributed by atoms with E-state index in [-0.39, 0.29) is 11.9 Å². The van der Waals surface area contributed by atoms with Crippen LogP contribution in [0.25, 0.3) is 0 Å². The van der Waals surface area contributed by atoms with Crippen LogP contribution in [0.1, 0.15) is 31.2 Å². The number of nitrogens with two attached hydrogens (primary N) is 2. The fourth-order valence-electron chi connectivity index (χ4n) is 2.53. The number of nitrogens with one attached hydrogen (secondary N) is 1. The van der Waals surface area contributed by atoms with Gasteiger partial charge >= 0.3 is 0 Å². The normalized spacial score (nSPS) is 24.7. The lowest BCUT2D eigenvalue weighted by molar-refractivity contribution is -0.123. The van der Waals surface area contributed by atoms with Crippen LogP contribution in [0.5, 0.6) is 0 Å². The molecule has 0 aliphatic heterocycles. The molecule has 1 amide bonds. The van der Waals surface area contributed by atoms with Crippen molar-refractivity contribution < 1.29 is 4.79 Å². The van der Waals surface area contributed by atoms with Gasteiger partial charge < -0.3 is 16.8 Å². The summed E-state index contributed by atoms with van der Waals surface area (Å²) in [5.74, 6) is -0.0516. The molecule has 4 heteroatoms. The fourth-order valence-corrected chi connectivity index (χ4v) is 2.53. The summed E-state index contributed by atoms with van der Waals surface area (Å²) < 4.78 is 0. The van der Waals surface area contributed by atoms with Gasteiger partial charge in [-0.15, -0.1) is 0 Å². The summed E-state index contributed by atoms with van der Waals surface area (Å²) in [7, 11) is 0. The minimum absolute atomic E-state index is 0.0516. The third-order valence-electron chi connectivity index (χ3n) is 3.75. The smallest absolute Gasteiger partial charge is 0.237 e. The van der Waals surface area contributed by atoms with E-state index in [0.29, 0.717) is 12.5 Å².